The van der Waals surface area contributed by atoms with Gasteiger partial charge < -0.3 is 0 Å². The monoisotopic (exact) mass is 245 g/mol. The van der Waals surface area contributed by atoms with E-state index >= 15 is 0 Å². The highest BCUT2D eigenvalue weighted by atomic mass is 35.5. The Kier molecular flexibility index (Phi) is 2.94. The minimum Gasteiger partial charge on any atom is -0.287 e. The topological polar surface area (TPSA) is 58.7 Å². The Morgan fingerprint density at radius 2 is 2.18 bits per heavy atom. The summed E-state index contributed by atoms with van der Waals surface area (Å²) in [7, 11) is 0. The van der Waals surface area contributed by atoms with Crippen molar-refractivity contribution in [1.82, 2.24) is 9.78 Å². The Hall–Kier alpha value is -2.12. The second kappa shape index (κ2) is 4.40. The van der Waals surface area contributed by atoms with Crippen LogP contribution in [-0.4, -0.2) is 9.78 Å². The van der Waals surface area contributed by atoms with Crippen molar-refractivity contribution < 1.29 is 0 Å². The van der Waals surface area contributed by atoms with Gasteiger partial charge in [0.15, 0.2) is 0 Å². The molecule has 0 amide bonds. The summed E-state index contributed by atoms with van der Waals surface area (Å²) in [6.07, 6.45) is 0. The average Bonchev–Trinajstić information content (AvgIpc) is 2.29. The second-order valence-electron chi connectivity index (χ2n) is 3.50. The van der Waals surface area contributed by atoms with Crippen LogP contribution in [0.25, 0.3) is 5.69 Å². The maximum absolute atomic E-state index is 11.4. The van der Waals surface area contributed by atoms with Crippen molar-refractivity contribution in [2.24, 2.45) is 0 Å². The summed E-state index contributed by atoms with van der Waals surface area (Å²) in [4.78, 5) is 11.4. The molecular weight excluding hydrogens is 238 g/mol. The van der Waals surface area contributed by atoms with Gasteiger partial charge in [-0.1, -0.05) is 17.7 Å². The fourth-order valence-electron chi connectivity index (χ4n) is 1.49. The Balaban J connectivity index is 2.68. The lowest BCUT2D eigenvalue weighted by atomic mass is 10.3. The molecular formula is C12H8ClN3O. The van der Waals surface area contributed by atoms with Crippen molar-refractivity contribution in [3.05, 3.63) is 57.0 Å². The van der Waals surface area contributed by atoms with E-state index in [9.17, 15) is 4.79 Å². The second-order valence-corrected chi connectivity index (χ2v) is 3.94. The maximum Gasteiger partial charge on any atom is 0.218 e. The SMILES string of the molecule is Cc1cc(=O)c(C#N)nn1-c1cccc(Cl)c1. The predicted molar refractivity (Wildman–Crippen MR) is 64.3 cm³/mol. The largest absolute Gasteiger partial charge is 0.287 e. The van der Waals surface area contributed by atoms with Crippen LogP contribution in [0.5, 0.6) is 0 Å². The lowest BCUT2D eigenvalue weighted by molar-refractivity contribution is 0.790. The summed E-state index contributed by atoms with van der Waals surface area (Å²) in [5, 5.41) is 13.3. The van der Waals surface area contributed by atoms with Crippen molar-refractivity contribution in [3.8, 4) is 11.8 Å². The quantitative estimate of drug-likeness (QED) is 0.773. The number of halogens is 1. The fraction of sp³-hybridized carbons (Fsp3) is 0.0833. The molecule has 5 heteroatoms. The molecule has 17 heavy (non-hydrogen) atoms. The maximum atomic E-state index is 11.4. The normalized spacial score (nSPS) is 9.94. The lowest BCUT2D eigenvalue weighted by Gasteiger charge is -2.09. The highest BCUT2D eigenvalue weighted by molar-refractivity contribution is 6.30. The molecule has 0 fully saturated rings. The Labute approximate surface area is 103 Å². The molecule has 0 aliphatic rings. The number of hydrogen-bond acceptors (Lipinski definition) is 3. The van der Waals surface area contributed by atoms with Gasteiger partial charge in [0.25, 0.3) is 0 Å². The third kappa shape index (κ3) is 2.19. The Bertz CT molecular complexity index is 670. The van der Waals surface area contributed by atoms with E-state index in [-0.39, 0.29) is 11.1 Å². The Morgan fingerprint density at radius 1 is 1.41 bits per heavy atom. The molecule has 0 bridgehead atoms. The highest BCUT2D eigenvalue weighted by Crippen LogP contribution is 2.14. The molecule has 2 rings (SSSR count). The van der Waals surface area contributed by atoms with E-state index in [0.717, 1.165) is 0 Å². The van der Waals surface area contributed by atoms with Crippen LogP contribution in [0.15, 0.2) is 35.1 Å². The van der Waals surface area contributed by atoms with Crippen LogP contribution < -0.4 is 5.43 Å². The molecule has 0 N–H and O–H groups in total. The van der Waals surface area contributed by atoms with Crippen LogP contribution in [0, 0.1) is 18.3 Å². The average molecular weight is 246 g/mol. The molecule has 0 spiro atoms. The minimum atomic E-state index is -0.372. The molecule has 0 radical (unpaired) electrons. The van der Waals surface area contributed by atoms with Gasteiger partial charge in [-0.3, -0.25) is 4.79 Å². The molecule has 0 saturated carbocycles. The number of hydrogen-bond donors (Lipinski definition) is 0. The summed E-state index contributed by atoms with van der Waals surface area (Å²) in [6, 6.07) is 10.2. The molecule has 0 unspecified atom stereocenters. The molecule has 0 aliphatic carbocycles. The van der Waals surface area contributed by atoms with E-state index in [1.807, 2.05) is 0 Å². The standard InChI is InChI=1S/C12H8ClN3O/c1-8-5-12(17)11(7-14)15-16(8)10-4-2-3-9(13)6-10/h2-6H,1H3. The number of aryl methyl sites for hydroxylation is 1. The smallest absolute Gasteiger partial charge is 0.218 e. The van der Waals surface area contributed by atoms with Gasteiger partial charge >= 0.3 is 0 Å². The van der Waals surface area contributed by atoms with Crippen LogP contribution in [0.2, 0.25) is 5.02 Å². The molecule has 1 aromatic carbocycles. The van der Waals surface area contributed by atoms with E-state index in [4.69, 9.17) is 16.9 Å². The van der Waals surface area contributed by atoms with Crippen LogP contribution in [0.4, 0.5) is 0 Å². The minimum absolute atomic E-state index is 0.129. The van der Waals surface area contributed by atoms with E-state index in [0.29, 0.717) is 16.4 Å². The van der Waals surface area contributed by atoms with Crippen molar-refractivity contribution in [2.45, 2.75) is 6.92 Å². The third-order valence-corrected chi connectivity index (χ3v) is 2.50. The van der Waals surface area contributed by atoms with Crippen molar-refractivity contribution in [2.75, 3.05) is 0 Å². The molecule has 4 nitrogen and oxygen atoms in total. The van der Waals surface area contributed by atoms with Crippen LogP contribution in [-0.2, 0) is 0 Å². The van der Waals surface area contributed by atoms with Gasteiger partial charge in [0.1, 0.15) is 6.07 Å². The molecule has 84 valence electrons. The number of rotatable bonds is 1. The van der Waals surface area contributed by atoms with Gasteiger partial charge in [-0.25, -0.2) is 4.68 Å². The predicted octanol–water partition coefficient (Wildman–Crippen LogP) is 2.07. The first-order chi connectivity index (χ1) is 8.11. The van der Waals surface area contributed by atoms with Gasteiger partial charge in [-0.05, 0) is 25.1 Å². The first-order valence-corrected chi connectivity index (χ1v) is 5.26. The van der Waals surface area contributed by atoms with Crippen LogP contribution in [0.1, 0.15) is 11.4 Å². The van der Waals surface area contributed by atoms with Crippen molar-refractivity contribution in [1.29, 1.82) is 5.26 Å². The number of aromatic nitrogens is 2. The zero-order valence-electron chi connectivity index (χ0n) is 9.01. The number of nitriles is 1. The first-order valence-electron chi connectivity index (χ1n) is 4.89. The van der Waals surface area contributed by atoms with Crippen LogP contribution >= 0.6 is 11.6 Å². The summed E-state index contributed by atoms with van der Waals surface area (Å²) in [5.41, 5.74) is 0.863. The number of nitrogens with zero attached hydrogens (tertiary/aromatic N) is 3. The van der Waals surface area contributed by atoms with Gasteiger partial charge in [0.2, 0.25) is 11.1 Å². The molecule has 0 saturated heterocycles. The Morgan fingerprint density at radius 3 is 2.82 bits per heavy atom. The zero-order chi connectivity index (χ0) is 12.4. The summed E-state index contributed by atoms with van der Waals surface area (Å²) in [5.74, 6) is 0. The molecule has 0 atom stereocenters. The van der Waals surface area contributed by atoms with E-state index in [1.54, 1.807) is 37.3 Å². The number of benzene rings is 1. The summed E-state index contributed by atoms with van der Waals surface area (Å²) in [6.45, 7) is 1.75. The third-order valence-electron chi connectivity index (χ3n) is 2.27. The molecule has 2 aromatic rings. The first kappa shape index (κ1) is 11.4. The summed E-state index contributed by atoms with van der Waals surface area (Å²) < 4.78 is 1.52. The van der Waals surface area contributed by atoms with Gasteiger partial charge in [-0.15, -0.1) is 0 Å². The lowest BCUT2D eigenvalue weighted by Crippen LogP contribution is -2.16. The van der Waals surface area contributed by atoms with Gasteiger partial charge in [0, 0.05) is 16.8 Å². The summed E-state index contributed by atoms with van der Waals surface area (Å²) >= 11 is 5.88. The molecule has 0 aliphatic heterocycles. The van der Waals surface area contributed by atoms with Gasteiger partial charge in [-0.2, -0.15) is 10.4 Å². The van der Waals surface area contributed by atoms with E-state index in [2.05, 4.69) is 5.10 Å². The van der Waals surface area contributed by atoms with Crippen LogP contribution in [0.3, 0.4) is 0 Å². The van der Waals surface area contributed by atoms with Crippen molar-refractivity contribution >= 4 is 11.6 Å². The van der Waals surface area contributed by atoms with E-state index < -0.39 is 0 Å². The van der Waals surface area contributed by atoms with Crippen molar-refractivity contribution in [3.63, 3.8) is 0 Å². The van der Waals surface area contributed by atoms with E-state index in [1.165, 1.54) is 10.7 Å². The molecule has 1 aromatic heterocycles. The fourth-order valence-corrected chi connectivity index (χ4v) is 1.68. The zero-order valence-corrected chi connectivity index (χ0v) is 9.77. The highest BCUT2D eigenvalue weighted by Gasteiger charge is 2.06. The van der Waals surface area contributed by atoms with Gasteiger partial charge in [0.05, 0.1) is 5.69 Å². The molecule has 1 heterocycles.